The molecule has 0 spiro atoms. The zero-order chi connectivity index (χ0) is 13.5. The second-order valence-corrected chi connectivity index (χ2v) is 6.34. The molecule has 4 heteroatoms. The van der Waals surface area contributed by atoms with Crippen LogP contribution in [-0.4, -0.2) is 9.55 Å². The highest BCUT2D eigenvalue weighted by Crippen LogP contribution is 2.39. The Morgan fingerprint density at radius 2 is 2.00 bits per heavy atom. The predicted molar refractivity (Wildman–Crippen MR) is 81.0 cm³/mol. The van der Waals surface area contributed by atoms with Crippen LogP contribution in [0.15, 0.2) is 18.2 Å². The standard InChI is InChI=1S/C15H18Cl2N2/c1-15(8-3-2-4-9-15)19-12-7-5-6-11(17)14(12)18-13(19)10-16/h5-7H,2-4,8-10H2,1H3. The van der Waals surface area contributed by atoms with E-state index in [2.05, 4.69) is 22.5 Å². The Labute approximate surface area is 123 Å². The molecule has 2 nitrogen and oxygen atoms in total. The molecule has 0 unspecified atom stereocenters. The average Bonchev–Trinajstić information content (AvgIpc) is 2.80. The fourth-order valence-electron chi connectivity index (χ4n) is 3.34. The summed E-state index contributed by atoms with van der Waals surface area (Å²) in [5.74, 6) is 1.37. The lowest BCUT2D eigenvalue weighted by Gasteiger charge is -2.36. The van der Waals surface area contributed by atoms with Crippen molar-refractivity contribution in [1.29, 1.82) is 0 Å². The molecule has 0 atom stereocenters. The quantitative estimate of drug-likeness (QED) is 0.704. The molecule has 1 aliphatic rings. The van der Waals surface area contributed by atoms with Crippen LogP contribution in [0, 0.1) is 0 Å². The Hall–Kier alpha value is -0.730. The molecule has 1 heterocycles. The van der Waals surface area contributed by atoms with Gasteiger partial charge >= 0.3 is 0 Å². The fourth-order valence-corrected chi connectivity index (χ4v) is 3.73. The molecule has 0 amide bonds. The van der Waals surface area contributed by atoms with Crippen molar-refractivity contribution in [2.24, 2.45) is 0 Å². The summed E-state index contributed by atoms with van der Waals surface area (Å²) in [7, 11) is 0. The maximum atomic E-state index is 6.26. The summed E-state index contributed by atoms with van der Waals surface area (Å²) in [6.45, 7) is 2.32. The van der Waals surface area contributed by atoms with E-state index in [1.54, 1.807) is 0 Å². The molecule has 0 bridgehead atoms. The Morgan fingerprint density at radius 1 is 1.26 bits per heavy atom. The predicted octanol–water partition coefficient (Wildman–Crippen LogP) is 5.11. The van der Waals surface area contributed by atoms with Crippen molar-refractivity contribution in [1.82, 2.24) is 9.55 Å². The molecule has 1 aromatic heterocycles. The molecular formula is C15H18Cl2N2. The minimum atomic E-state index is 0.127. The normalized spacial score (nSPS) is 18.9. The summed E-state index contributed by atoms with van der Waals surface area (Å²) in [4.78, 5) is 4.65. The van der Waals surface area contributed by atoms with Gasteiger partial charge in [-0.1, -0.05) is 36.9 Å². The molecule has 0 saturated heterocycles. The Bertz CT molecular complexity index is 597. The van der Waals surface area contributed by atoms with Crippen LogP contribution in [0.5, 0.6) is 0 Å². The maximum absolute atomic E-state index is 6.26. The third kappa shape index (κ3) is 2.15. The van der Waals surface area contributed by atoms with Crippen LogP contribution in [-0.2, 0) is 11.4 Å². The molecule has 0 aliphatic heterocycles. The molecule has 19 heavy (non-hydrogen) atoms. The summed E-state index contributed by atoms with van der Waals surface area (Å²) in [5, 5.41) is 0.710. The van der Waals surface area contributed by atoms with Gasteiger partial charge in [0.25, 0.3) is 0 Å². The van der Waals surface area contributed by atoms with Gasteiger partial charge in [-0.05, 0) is 31.9 Å². The minimum absolute atomic E-state index is 0.127. The number of halogens is 2. The van der Waals surface area contributed by atoms with E-state index in [4.69, 9.17) is 23.2 Å². The third-order valence-electron chi connectivity index (χ3n) is 4.30. The summed E-state index contributed by atoms with van der Waals surface area (Å²) >= 11 is 12.4. The van der Waals surface area contributed by atoms with Gasteiger partial charge < -0.3 is 4.57 Å². The second kappa shape index (κ2) is 4.99. The van der Waals surface area contributed by atoms with Crippen LogP contribution in [0.4, 0.5) is 0 Å². The van der Waals surface area contributed by atoms with E-state index in [0.29, 0.717) is 10.9 Å². The van der Waals surface area contributed by atoms with Crippen molar-refractivity contribution in [3.8, 4) is 0 Å². The van der Waals surface area contributed by atoms with E-state index in [1.165, 1.54) is 32.1 Å². The molecule has 0 N–H and O–H groups in total. The third-order valence-corrected chi connectivity index (χ3v) is 4.84. The topological polar surface area (TPSA) is 17.8 Å². The van der Waals surface area contributed by atoms with Gasteiger partial charge in [-0.2, -0.15) is 0 Å². The van der Waals surface area contributed by atoms with Crippen LogP contribution in [0.1, 0.15) is 44.9 Å². The Balaban J connectivity index is 2.23. The number of imidazole rings is 1. The number of fused-ring (bicyclic) bond motifs is 1. The van der Waals surface area contributed by atoms with E-state index in [-0.39, 0.29) is 5.54 Å². The van der Waals surface area contributed by atoms with Crippen molar-refractivity contribution < 1.29 is 0 Å². The molecule has 1 saturated carbocycles. The van der Waals surface area contributed by atoms with Gasteiger partial charge in [0.05, 0.1) is 16.4 Å². The highest BCUT2D eigenvalue weighted by Gasteiger charge is 2.32. The number of benzene rings is 1. The summed E-state index contributed by atoms with van der Waals surface area (Å²) < 4.78 is 2.33. The number of alkyl halides is 1. The van der Waals surface area contributed by atoms with Crippen molar-refractivity contribution >= 4 is 34.2 Å². The summed E-state index contributed by atoms with van der Waals surface area (Å²) in [5.41, 5.74) is 2.13. The van der Waals surface area contributed by atoms with Crippen molar-refractivity contribution in [3.05, 3.63) is 29.0 Å². The molecule has 1 aliphatic carbocycles. The van der Waals surface area contributed by atoms with E-state index in [0.717, 1.165) is 16.9 Å². The summed E-state index contributed by atoms with van der Waals surface area (Å²) in [6.07, 6.45) is 6.26. The summed E-state index contributed by atoms with van der Waals surface area (Å²) in [6, 6.07) is 5.99. The minimum Gasteiger partial charge on any atom is -0.321 e. The Morgan fingerprint density at radius 3 is 2.68 bits per heavy atom. The monoisotopic (exact) mass is 296 g/mol. The Kier molecular flexibility index (Phi) is 3.48. The lowest BCUT2D eigenvalue weighted by Crippen LogP contribution is -2.33. The highest BCUT2D eigenvalue weighted by molar-refractivity contribution is 6.35. The van der Waals surface area contributed by atoms with Gasteiger partial charge in [-0.3, -0.25) is 0 Å². The van der Waals surface area contributed by atoms with Gasteiger partial charge in [0.2, 0.25) is 0 Å². The smallest absolute Gasteiger partial charge is 0.125 e. The van der Waals surface area contributed by atoms with Crippen LogP contribution < -0.4 is 0 Å². The first-order valence-corrected chi connectivity index (χ1v) is 7.79. The van der Waals surface area contributed by atoms with E-state index in [1.807, 2.05) is 12.1 Å². The van der Waals surface area contributed by atoms with Crippen molar-refractivity contribution in [2.75, 3.05) is 0 Å². The average molecular weight is 297 g/mol. The lowest BCUT2D eigenvalue weighted by atomic mass is 9.83. The molecule has 0 radical (unpaired) electrons. The highest BCUT2D eigenvalue weighted by atomic mass is 35.5. The van der Waals surface area contributed by atoms with Gasteiger partial charge in [-0.15, -0.1) is 11.6 Å². The largest absolute Gasteiger partial charge is 0.321 e. The first kappa shape index (κ1) is 13.3. The van der Waals surface area contributed by atoms with E-state index >= 15 is 0 Å². The van der Waals surface area contributed by atoms with Crippen LogP contribution >= 0.6 is 23.2 Å². The van der Waals surface area contributed by atoms with Gasteiger partial charge in [0.1, 0.15) is 11.3 Å². The first-order chi connectivity index (χ1) is 9.15. The van der Waals surface area contributed by atoms with Crippen molar-refractivity contribution in [2.45, 2.75) is 50.4 Å². The van der Waals surface area contributed by atoms with E-state index < -0.39 is 0 Å². The first-order valence-electron chi connectivity index (χ1n) is 6.88. The molecule has 1 fully saturated rings. The van der Waals surface area contributed by atoms with Crippen molar-refractivity contribution in [3.63, 3.8) is 0 Å². The molecule has 3 rings (SSSR count). The zero-order valence-corrected chi connectivity index (χ0v) is 12.6. The number of rotatable bonds is 2. The number of nitrogens with zero attached hydrogens (tertiary/aromatic N) is 2. The number of hydrogen-bond acceptors (Lipinski definition) is 1. The van der Waals surface area contributed by atoms with Gasteiger partial charge in [-0.25, -0.2) is 4.98 Å². The van der Waals surface area contributed by atoms with Crippen LogP contribution in [0.2, 0.25) is 5.02 Å². The van der Waals surface area contributed by atoms with Crippen LogP contribution in [0.3, 0.4) is 0 Å². The number of aromatic nitrogens is 2. The number of para-hydroxylation sites is 1. The fraction of sp³-hybridized carbons (Fsp3) is 0.533. The molecule has 1 aromatic carbocycles. The van der Waals surface area contributed by atoms with Gasteiger partial charge in [0, 0.05) is 5.54 Å². The maximum Gasteiger partial charge on any atom is 0.125 e. The molecule has 2 aromatic rings. The number of hydrogen-bond donors (Lipinski definition) is 0. The zero-order valence-electron chi connectivity index (χ0n) is 11.1. The van der Waals surface area contributed by atoms with Gasteiger partial charge in [0.15, 0.2) is 0 Å². The molecular weight excluding hydrogens is 279 g/mol. The SMILES string of the molecule is CC1(n2c(CCl)nc3c(Cl)cccc32)CCCCC1. The molecule has 102 valence electrons. The van der Waals surface area contributed by atoms with E-state index in [9.17, 15) is 0 Å². The lowest BCUT2D eigenvalue weighted by molar-refractivity contribution is 0.220. The van der Waals surface area contributed by atoms with Crippen LogP contribution in [0.25, 0.3) is 11.0 Å². The second-order valence-electron chi connectivity index (χ2n) is 5.66.